The van der Waals surface area contributed by atoms with Gasteiger partial charge in [0.05, 0.1) is 12.2 Å². The van der Waals surface area contributed by atoms with E-state index in [1.165, 1.54) is 6.20 Å². The minimum atomic E-state index is -2.93. The molecular weight excluding hydrogens is 354 g/mol. The quantitative estimate of drug-likeness (QED) is 0.637. The van der Waals surface area contributed by atoms with Crippen LogP contribution in [-0.2, 0) is 0 Å². The molecule has 9 heteroatoms. The van der Waals surface area contributed by atoms with E-state index in [-0.39, 0.29) is 23.8 Å². The Morgan fingerprint density at radius 2 is 2.00 bits per heavy atom. The molecule has 1 amide bonds. The first kappa shape index (κ1) is 19.0. The second-order valence-electron chi connectivity index (χ2n) is 6.74. The number of aryl methyl sites for hydroxylation is 1. The maximum absolute atomic E-state index is 13.8. The van der Waals surface area contributed by atoms with Gasteiger partial charge in [0, 0.05) is 18.2 Å². The van der Waals surface area contributed by atoms with Gasteiger partial charge in [-0.1, -0.05) is 17.7 Å². The third-order valence-corrected chi connectivity index (χ3v) is 4.60. The fraction of sp³-hybridized carbons (Fsp3) is 0.389. The highest BCUT2D eigenvalue weighted by molar-refractivity contribution is 5.96. The van der Waals surface area contributed by atoms with Gasteiger partial charge in [0.25, 0.3) is 11.8 Å². The second-order valence-corrected chi connectivity index (χ2v) is 6.74. The summed E-state index contributed by atoms with van der Waals surface area (Å²) < 4.78 is 27.7. The van der Waals surface area contributed by atoms with Crippen LogP contribution in [0.25, 0.3) is 0 Å². The number of nitrogens with one attached hydrogen (secondary N) is 2. The molecule has 7 nitrogen and oxygen atoms in total. The van der Waals surface area contributed by atoms with Crippen LogP contribution in [0, 0.1) is 6.92 Å². The first-order chi connectivity index (χ1) is 12.8. The van der Waals surface area contributed by atoms with E-state index in [4.69, 9.17) is 11.5 Å². The van der Waals surface area contributed by atoms with Crippen molar-refractivity contribution in [1.29, 1.82) is 0 Å². The first-order valence-corrected chi connectivity index (χ1v) is 8.67. The van der Waals surface area contributed by atoms with Crippen molar-refractivity contribution in [3.8, 4) is 0 Å². The standard InChI is InChI=1S/C18H22F2N6O/c1-10-4-6-11(7-5-10)24-17-14(16(22)27)23-9-13(26-17)25-12-3-2-8-18(19,20)15(12)21/h4-7,9,12,15H,2-3,8,21H2,1H3,(H2,22,27)(H2,24,25,26)/t12-,15-/m1/s1. The highest BCUT2D eigenvalue weighted by atomic mass is 19.3. The number of carbonyl (C=O) groups excluding carboxylic acids is 1. The smallest absolute Gasteiger partial charge is 0.271 e. The third-order valence-electron chi connectivity index (χ3n) is 4.60. The van der Waals surface area contributed by atoms with E-state index < -0.39 is 23.9 Å². The summed E-state index contributed by atoms with van der Waals surface area (Å²) in [5.41, 5.74) is 12.8. The van der Waals surface area contributed by atoms with Gasteiger partial charge in [-0.15, -0.1) is 0 Å². The predicted octanol–water partition coefficient (Wildman–Crippen LogP) is 2.55. The van der Waals surface area contributed by atoms with E-state index in [9.17, 15) is 13.6 Å². The zero-order valence-electron chi connectivity index (χ0n) is 14.9. The molecule has 1 saturated carbocycles. The van der Waals surface area contributed by atoms with Crippen LogP contribution in [0.5, 0.6) is 0 Å². The lowest BCUT2D eigenvalue weighted by Gasteiger charge is -2.36. The van der Waals surface area contributed by atoms with E-state index in [1.807, 2.05) is 31.2 Å². The van der Waals surface area contributed by atoms with Gasteiger partial charge in [-0.2, -0.15) is 0 Å². The summed E-state index contributed by atoms with van der Waals surface area (Å²) in [5, 5.41) is 5.91. The Bertz CT molecular complexity index is 827. The number of hydrogen-bond donors (Lipinski definition) is 4. The van der Waals surface area contributed by atoms with Crippen LogP contribution < -0.4 is 22.1 Å². The number of nitrogens with zero attached hydrogens (tertiary/aromatic N) is 2. The number of rotatable bonds is 5. The van der Waals surface area contributed by atoms with Crippen molar-refractivity contribution in [2.75, 3.05) is 10.6 Å². The number of halogens is 2. The molecule has 1 aliphatic carbocycles. The molecule has 6 N–H and O–H groups in total. The average molecular weight is 376 g/mol. The summed E-state index contributed by atoms with van der Waals surface area (Å²) in [7, 11) is 0. The third kappa shape index (κ3) is 4.30. The van der Waals surface area contributed by atoms with Crippen LogP contribution in [0.15, 0.2) is 30.5 Å². The summed E-state index contributed by atoms with van der Waals surface area (Å²) in [4.78, 5) is 20.0. The summed E-state index contributed by atoms with van der Waals surface area (Å²) in [5.74, 6) is -3.29. The van der Waals surface area contributed by atoms with Crippen molar-refractivity contribution < 1.29 is 13.6 Å². The number of anilines is 3. The second kappa shape index (κ2) is 7.43. The van der Waals surface area contributed by atoms with Gasteiger partial charge < -0.3 is 22.1 Å². The minimum absolute atomic E-state index is 0.0422. The molecule has 1 heterocycles. The number of hydrogen-bond acceptors (Lipinski definition) is 6. The molecule has 2 aromatic rings. The Labute approximate surface area is 155 Å². The van der Waals surface area contributed by atoms with Crippen LogP contribution in [-0.4, -0.2) is 33.9 Å². The van der Waals surface area contributed by atoms with Crippen LogP contribution in [0.3, 0.4) is 0 Å². The number of amides is 1. The summed E-state index contributed by atoms with van der Waals surface area (Å²) >= 11 is 0. The van der Waals surface area contributed by atoms with E-state index in [0.29, 0.717) is 18.5 Å². The largest absolute Gasteiger partial charge is 0.364 e. The molecule has 0 radical (unpaired) electrons. The number of primary amides is 1. The topological polar surface area (TPSA) is 119 Å². The van der Waals surface area contributed by atoms with Gasteiger partial charge in [-0.25, -0.2) is 18.7 Å². The molecule has 0 spiro atoms. The van der Waals surface area contributed by atoms with Gasteiger partial charge in [0.15, 0.2) is 11.5 Å². The zero-order chi connectivity index (χ0) is 19.6. The van der Waals surface area contributed by atoms with Crippen molar-refractivity contribution >= 4 is 23.2 Å². The molecule has 0 saturated heterocycles. The Morgan fingerprint density at radius 3 is 2.67 bits per heavy atom. The fourth-order valence-corrected chi connectivity index (χ4v) is 3.05. The Balaban J connectivity index is 1.84. The number of carbonyl (C=O) groups is 1. The van der Waals surface area contributed by atoms with Crippen LogP contribution in [0.4, 0.5) is 26.1 Å². The van der Waals surface area contributed by atoms with E-state index in [1.54, 1.807) is 0 Å². The molecule has 0 bridgehead atoms. The zero-order valence-corrected chi connectivity index (χ0v) is 14.9. The molecule has 27 heavy (non-hydrogen) atoms. The monoisotopic (exact) mass is 376 g/mol. The van der Waals surface area contributed by atoms with Gasteiger partial charge >= 0.3 is 0 Å². The molecule has 1 fully saturated rings. The van der Waals surface area contributed by atoms with Crippen molar-refractivity contribution in [1.82, 2.24) is 9.97 Å². The molecule has 0 unspecified atom stereocenters. The summed E-state index contributed by atoms with van der Waals surface area (Å²) in [6.45, 7) is 1.95. The molecule has 3 rings (SSSR count). The van der Waals surface area contributed by atoms with Gasteiger partial charge in [-0.3, -0.25) is 4.79 Å². The maximum atomic E-state index is 13.8. The van der Waals surface area contributed by atoms with Crippen molar-refractivity contribution in [2.24, 2.45) is 11.5 Å². The summed E-state index contributed by atoms with van der Waals surface area (Å²) in [6.07, 6.45) is 1.93. The lowest BCUT2D eigenvalue weighted by atomic mass is 9.87. The first-order valence-electron chi connectivity index (χ1n) is 8.67. The molecule has 2 atom stereocenters. The number of benzene rings is 1. The van der Waals surface area contributed by atoms with E-state index in [0.717, 1.165) is 5.56 Å². The van der Waals surface area contributed by atoms with Crippen LogP contribution >= 0.6 is 0 Å². The Kier molecular flexibility index (Phi) is 5.22. The Morgan fingerprint density at radius 1 is 1.30 bits per heavy atom. The molecule has 144 valence electrons. The van der Waals surface area contributed by atoms with Crippen LogP contribution in [0.1, 0.15) is 35.3 Å². The summed E-state index contributed by atoms with van der Waals surface area (Å²) in [6, 6.07) is 5.46. The van der Waals surface area contributed by atoms with Gasteiger partial charge in [0.2, 0.25) is 0 Å². The molecular formula is C18H22F2N6O. The predicted molar refractivity (Wildman–Crippen MR) is 99.2 cm³/mol. The van der Waals surface area contributed by atoms with E-state index >= 15 is 0 Å². The SMILES string of the molecule is Cc1ccc(Nc2nc(N[C@@H]3CCCC(F)(F)[C@@H]3N)cnc2C(N)=O)cc1. The van der Waals surface area contributed by atoms with Crippen molar-refractivity contribution in [3.63, 3.8) is 0 Å². The van der Waals surface area contributed by atoms with Crippen LogP contribution in [0.2, 0.25) is 0 Å². The molecule has 1 aromatic carbocycles. The maximum Gasteiger partial charge on any atom is 0.271 e. The van der Waals surface area contributed by atoms with Gasteiger partial charge in [0.1, 0.15) is 5.82 Å². The molecule has 1 aliphatic rings. The highest BCUT2D eigenvalue weighted by Gasteiger charge is 2.44. The number of nitrogens with two attached hydrogens (primary N) is 2. The average Bonchev–Trinajstić information content (AvgIpc) is 2.61. The van der Waals surface area contributed by atoms with Crippen molar-refractivity contribution in [2.45, 2.75) is 44.2 Å². The Hall–Kier alpha value is -2.81. The normalized spacial score (nSPS) is 21.5. The fourth-order valence-electron chi connectivity index (χ4n) is 3.05. The van der Waals surface area contributed by atoms with Crippen molar-refractivity contribution in [3.05, 3.63) is 41.7 Å². The molecule has 1 aromatic heterocycles. The lowest BCUT2D eigenvalue weighted by molar-refractivity contribution is -0.0554. The molecule has 0 aliphatic heterocycles. The number of aromatic nitrogens is 2. The number of alkyl halides is 2. The minimum Gasteiger partial charge on any atom is -0.364 e. The lowest BCUT2D eigenvalue weighted by Crippen LogP contribution is -2.55. The highest BCUT2D eigenvalue weighted by Crippen LogP contribution is 2.33. The van der Waals surface area contributed by atoms with E-state index in [2.05, 4.69) is 20.6 Å². The van der Waals surface area contributed by atoms with Gasteiger partial charge in [-0.05, 0) is 31.9 Å².